The van der Waals surface area contributed by atoms with Crippen molar-refractivity contribution >= 4 is 8.30 Å². The normalized spacial score (nSPS) is 13.5. The average molecular weight is 230 g/mol. The maximum Gasteiger partial charge on any atom is 0.104 e. The van der Waals surface area contributed by atoms with Crippen LogP contribution in [0.5, 0.6) is 0 Å². The molecule has 0 aromatic carbocycles. The average Bonchev–Trinajstić information content (AvgIpc) is 2.15. The Balaban J connectivity index is 4.27. The molecule has 0 aromatic heterocycles. The fourth-order valence-electron chi connectivity index (χ4n) is 1.63. The van der Waals surface area contributed by atoms with Gasteiger partial charge in [0.1, 0.15) is 8.30 Å². The lowest BCUT2D eigenvalue weighted by Gasteiger charge is -2.36. The first-order valence-electron chi connectivity index (χ1n) is 5.60. The van der Waals surface area contributed by atoms with Crippen LogP contribution >= 0.6 is 8.30 Å². The van der Waals surface area contributed by atoms with Gasteiger partial charge in [0, 0.05) is 18.2 Å². The summed E-state index contributed by atoms with van der Waals surface area (Å²) in [5.41, 5.74) is 0. The van der Waals surface area contributed by atoms with Crippen LogP contribution in [0.4, 0.5) is 0 Å². The minimum atomic E-state index is -0.530. The van der Waals surface area contributed by atoms with E-state index >= 15 is 0 Å². The van der Waals surface area contributed by atoms with E-state index in [-0.39, 0.29) is 0 Å². The predicted octanol–water partition coefficient (Wildman–Crippen LogP) is 3.37. The number of rotatable bonds is 7. The first kappa shape index (κ1) is 14.8. The molecule has 0 fully saturated rings. The van der Waals surface area contributed by atoms with Gasteiger partial charge in [-0.2, -0.15) is 5.26 Å². The molecule has 0 aliphatic rings. The van der Waals surface area contributed by atoms with Crippen LogP contribution in [0.25, 0.3) is 0 Å². The van der Waals surface area contributed by atoms with Crippen LogP contribution in [0.3, 0.4) is 0 Å². The van der Waals surface area contributed by atoms with Gasteiger partial charge in [0.2, 0.25) is 0 Å². The van der Waals surface area contributed by atoms with Crippen LogP contribution in [0.2, 0.25) is 0 Å². The van der Waals surface area contributed by atoms with E-state index in [1.54, 1.807) is 0 Å². The van der Waals surface area contributed by atoms with Gasteiger partial charge >= 0.3 is 0 Å². The highest BCUT2D eigenvalue weighted by Crippen LogP contribution is 2.44. The Hall–Kier alpha value is -0.160. The Kier molecular flexibility index (Phi) is 7.96. The van der Waals surface area contributed by atoms with Crippen LogP contribution in [-0.4, -0.2) is 29.5 Å². The van der Waals surface area contributed by atoms with Crippen molar-refractivity contribution in [2.75, 3.05) is 12.8 Å². The molecule has 88 valence electrons. The standard InChI is InChI=1S/C11H23N2OP/c1-6-15(14-9-7-8-12)13(10(2)3)11(4)5/h10-11H,6-7,9H2,1-5H3. The second-order valence-corrected chi connectivity index (χ2v) is 6.03. The molecule has 0 saturated heterocycles. The molecule has 0 heterocycles. The second kappa shape index (κ2) is 8.05. The zero-order valence-corrected chi connectivity index (χ0v) is 11.4. The summed E-state index contributed by atoms with van der Waals surface area (Å²) in [4.78, 5) is 0. The summed E-state index contributed by atoms with van der Waals surface area (Å²) in [6.07, 6.45) is 1.51. The summed E-state index contributed by atoms with van der Waals surface area (Å²) >= 11 is 0. The molecular formula is C11H23N2OP. The van der Waals surface area contributed by atoms with Gasteiger partial charge in [-0.3, -0.25) is 4.67 Å². The number of nitrogens with zero attached hydrogens (tertiary/aromatic N) is 2. The molecule has 0 N–H and O–H groups in total. The van der Waals surface area contributed by atoms with Gasteiger partial charge in [-0.05, 0) is 27.7 Å². The summed E-state index contributed by atoms with van der Waals surface area (Å²) in [6, 6.07) is 3.11. The molecule has 0 radical (unpaired) electrons. The molecule has 1 unspecified atom stereocenters. The number of nitriles is 1. The Morgan fingerprint density at radius 2 is 1.80 bits per heavy atom. The van der Waals surface area contributed by atoms with E-state index in [4.69, 9.17) is 9.79 Å². The molecule has 0 bridgehead atoms. The Labute approximate surface area is 95.3 Å². The van der Waals surface area contributed by atoms with Gasteiger partial charge in [-0.1, -0.05) is 6.92 Å². The van der Waals surface area contributed by atoms with Crippen molar-refractivity contribution in [3.63, 3.8) is 0 Å². The van der Waals surface area contributed by atoms with Gasteiger partial charge in [0.25, 0.3) is 0 Å². The first-order chi connectivity index (χ1) is 7.04. The van der Waals surface area contributed by atoms with E-state index in [2.05, 4.69) is 45.4 Å². The van der Waals surface area contributed by atoms with Crippen molar-refractivity contribution in [2.24, 2.45) is 0 Å². The summed E-state index contributed by atoms with van der Waals surface area (Å²) in [5.74, 6) is 0. The third kappa shape index (κ3) is 5.47. The quantitative estimate of drug-likeness (QED) is 0.497. The van der Waals surface area contributed by atoms with Gasteiger partial charge in [0.15, 0.2) is 0 Å². The third-order valence-corrected chi connectivity index (χ3v) is 4.50. The first-order valence-corrected chi connectivity index (χ1v) is 7.00. The molecule has 0 aliphatic carbocycles. The van der Waals surface area contributed by atoms with Gasteiger partial charge in [0.05, 0.1) is 19.1 Å². The Morgan fingerprint density at radius 1 is 1.27 bits per heavy atom. The maximum atomic E-state index is 8.47. The molecular weight excluding hydrogens is 207 g/mol. The van der Waals surface area contributed by atoms with Crippen LogP contribution in [-0.2, 0) is 4.52 Å². The van der Waals surface area contributed by atoms with E-state index in [1.807, 2.05) is 0 Å². The molecule has 0 saturated carbocycles. The lowest BCUT2D eigenvalue weighted by atomic mass is 10.3. The fraction of sp³-hybridized carbons (Fsp3) is 0.909. The van der Waals surface area contributed by atoms with E-state index < -0.39 is 8.30 Å². The Morgan fingerprint density at radius 3 is 2.13 bits per heavy atom. The van der Waals surface area contributed by atoms with Crippen molar-refractivity contribution < 1.29 is 4.52 Å². The molecule has 0 spiro atoms. The molecule has 3 nitrogen and oxygen atoms in total. The minimum Gasteiger partial charge on any atom is -0.342 e. The number of hydrogen-bond donors (Lipinski definition) is 0. The smallest absolute Gasteiger partial charge is 0.104 e. The lowest BCUT2D eigenvalue weighted by Crippen LogP contribution is -2.33. The summed E-state index contributed by atoms with van der Waals surface area (Å²) in [5, 5.41) is 8.47. The van der Waals surface area contributed by atoms with Crippen LogP contribution in [0, 0.1) is 11.3 Å². The highest BCUT2D eigenvalue weighted by molar-refractivity contribution is 7.50. The van der Waals surface area contributed by atoms with E-state index in [0.29, 0.717) is 25.1 Å². The van der Waals surface area contributed by atoms with Crippen molar-refractivity contribution in [3.05, 3.63) is 0 Å². The van der Waals surface area contributed by atoms with Crippen molar-refractivity contribution in [2.45, 2.75) is 53.1 Å². The predicted molar refractivity (Wildman–Crippen MR) is 65.8 cm³/mol. The minimum absolute atomic E-state index is 0.489. The maximum absolute atomic E-state index is 8.47. The van der Waals surface area contributed by atoms with Crippen LogP contribution in [0.15, 0.2) is 0 Å². The highest BCUT2D eigenvalue weighted by atomic mass is 31.2. The summed E-state index contributed by atoms with van der Waals surface area (Å²) in [6.45, 7) is 11.5. The number of hydrogen-bond acceptors (Lipinski definition) is 3. The summed E-state index contributed by atoms with van der Waals surface area (Å²) in [7, 11) is -0.530. The Bertz CT molecular complexity index is 193. The summed E-state index contributed by atoms with van der Waals surface area (Å²) < 4.78 is 8.19. The van der Waals surface area contributed by atoms with E-state index in [0.717, 1.165) is 6.16 Å². The monoisotopic (exact) mass is 230 g/mol. The molecule has 0 aliphatic heterocycles. The van der Waals surface area contributed by atoms with Gasteiger partial charge in [-0.15, -0.1) is 0 Å². The SMILES string of the molecule is CCP(OCCC#N)N(C(C)C)C(C)C. The molecule has 4 heteroatoms. The molecule has 0 rings (SSSR count). The van der Waals surface area contributed by atoms with Crippen LogP contribution < -0.4 is 0 Å². The molecule has 15 heavy (non-hydrogen) atoms. The van der Waals surface area contributed by atoms with Gasteiger partial charge in [-0.25, -0.2) is 0 Å². The lowest BCUT2D eigenvalue weighted by molar-refractivity contribution is 0.257. The zero-order chi connectivity index (χ0) is 11.8. The zero-order valence-electron chi connectivity index (χ0n) is 10.5. The fourth-order valence-corrected chi connectivity index (χ4v) is 3.60. The third-order valence-electron chi connectivity index (χ3n) is 2.04. The largest absolute Gasteiger partial charge is 0.342 e. The molecule has 0 amide bonds. The molecule has 0 aromatic rings. The van der Waals surface area contributed by atoms with E-state index in [1.165, 1.54) is 0 Å². The van der Waals surface area contributed by atoms with E-state index in [9.17, 15) is 0 Å². The van der Waals surface area contributed by atoms with Crippen LogP contribution in [0.1, 0.15) is 41.0 Å². The molecule has 1 atom stereocenters. The van der Waals surface area contributed by atoms with Crippen molar-refractivity contribution in [1.29, 1.82) is 5.26 Å². The van der Waals surface area contributed by atoms with Crippen molar-refractivity contribution in [3.8, 4) is 6.07 Å². The van der Waals surface area contributed by atoms with Crippen molar-refractivity contribution in [1.82, 2.24) is 4.67 Å². The van der Waals surface area contributed by atoms with Gasteiger partial charge < -0.3 is 4.52 Å². The highest BCUT2D eigenvalue weighted by Gasteiger charge is 2.23. The second-order valence-electron chi connectivity index (χ2n) is 3.98. The topological polar surface area (TPSA) is 36.3 Å².